The molecule has 0 unspecified atom stereocenters. The van der Waals surface area contributed by atoms with E-state index in [1.165, 1.54) is 11.1 Å². The maximum atomic E-state index is 12.1. The minimum Gasteiger partial charge on any atom is -0.396 e. The monoisotopic (exact) mass is 913 g/mol. The van der Waals surface area contributed by atoms with Crippen molar-refractivity contribution in [3.05, 3.63) is 23.3 Å². The third kappa shape index (κ3) is 7.45. The van der Waals surface area contributed by atoms with Gasteiger partial charge in [-0.1, -0.05) is 59.3 Å². The molecule has 0 aromatic carbocycles. The van der Waals surface area contributed by atoms with Crippen molar-refractivity contribution in [3.8, 4) is 0 Å². The van der Waals surface area contributed by atoms with Crippen LogP contribution in [0.5, 0.6) is 0 Å². The zero-order chi connectivity index (χ0) is 46.7. The van der Waals surface area contributed by atoms with Gasteiger partial charge in [-0.25, -0.2) is 0 Å². The number of aliphatic hydroxyl groups is 11. The fraction of sp³-hybridized carbons (Fsp3) is 0.915. The Bertz CT molecular complexity index is 1760. The van der Waals surface area contributed by atoms with Crippen molar-refractivity contribution in [2.24, 2.45) is 44.3 Å². The second-order valence-electron chi connectivity index (χ2n) is 22.6. The number of aliphatic hydroxyl groups excluding tert-OH is 11. The molecule has 17 nitrogen and oxygen atoms in total. The molecule has 0 aromatic rings. The lowest BCUT2D eigenvalue weighted by atomic mass is 9.35. The molecule has 8 rings (SSSR count). The highest BCUT2D eigenvalue weighted by atomic mass is 16.8. The molecule has 6 fully saturated rings. The number of rotatable bonds is 9. The van der Waals surface area contributed by atoms with Gasteiger partial charge < -0.3 is 84.6 Å². The van der Waals surface area contributed by atoms with E-state index in [-0.39, 0.29) is 46.7 Å². The molecule has 0 spiro atoms. The molecule has 3 saturated carbocycles. The minimum atomic E-state index is -1.82. The van der Waals surface area contributed by atoms with Crippen molar-refractivity contribution >= 4 is 0 Å². The number of hydrogen-bond donors (Lipinski definition) is 11. The van der Waals surface area contributed by atoms with E-state index in [1.807, 2.05) is 6.92 Å². The lowest BCUT2D eigenvalue weighted by Crippen LogP contribution is -2.67. The zero-order valence-corrected chi connectivity index (χ0v) is 38.4. The van der Waals surface area contributed by atoms with Gasteiger partial charge in [0.25, 0.3) is 0 Å². The van der Waals surface area contributed by atoms with Crippen LogP contribution in [0.4, 0.5) is 0 Å². The predicted molar refractivity (Wildman–Crippen MR) is 225 cm³/mol. The van der Waals surface area contributed by atoms with Gasteiger partial charge in [0.1, 0.15) is 61.0 Å². The molecule has 64 heavy (non-hydrogen) atoms. The molecule has 0 radical (unpaired) electrons. The summed E-state index contributed by atoms with van der Waals surface area (Å²) in [5.74, 6) is 0.0121. The van der Waals surface area contributed by atoms with E-state index < -0.39 is 122 Å². The summed E-state index contributed by atoms with van der Waals surface area (Å²) >= 11 is 0. The Hall–Kier alpha value is -1.20. The van der Waals surface area contributed by atoms with Crippen molar-refractivity contribution in [1.82, 2.24) is 0 Å². The van der Waals surface area contributed by atoms with Crippen molar-refractivity contribution in [2.75, 3.05) is 26.4 Å². The third-order valence-corrected chi connectivity index (χ3v) is 18.6. The highest BCUT2D eigenvalue weighted by molar-refractivity contribution is 5.47. The summed E-state index contributed by atoms with van der Waals surface area (Å²) in [6.45, 7) is 13.6. The van der Waals surface area contributed by atoms with Gasteiger partial charge in [0.15, 0.2) is 18.9 Å². The molecule has 23 atom stereocenters. The minimum absolute atomic E-state index is 0.0430. The van der Waals surface area contributed by atoms with Gasteiger partial charge in [-0.2, -0.15) is 0 Å². The van der Waals surface area contributed by atoms with Crippen LogP contribution in [-0.2, 0) is 28.4 Å². The van der Waals surface area contributed by atoms with E-state index >= 15 is 0 Å². The SMILES string of the molecule is C[C@H]1O[C@@H](O[C@H]2CC[C@@]3(C)[C@@H](CC[C@]4(C)[C@@H]3C=CC3=C5CC(C)(C)CC[C@]5(CO)[C@H](O)C[C@]34C)[C@]2(C)CO)[C@H](O[C@@H]2O[C@H](CO)[C@@H](O)[C@H](O)[C@H]2O[C@@H]2OC[C@@H](O)[C@H](O)[C@H]2O)[C@@H](O)[C@H]1O. The zero-order valence-electron chi connectivity index (χ0n) is 38.4. The number of ether oxygens (including phenoxy) is 6. The standard InChI is InChI=1S/C47H76O17/c1-22-31(53)34(56)37(64-41-38(35(57)33(55)26(18-48)61-41)63-39-36(58)32(54)25(51)19-59-39)40(60-22)62-30-11-12-43(4)27(44(30,5)20-49)10-13-45(6)28(43)9-8-23-24-16-42(2,3)14-15-47(24,21-50)29(52)17-46(23,45)7/h8-9,22,25-41,48-58H,10-21H2,1-7H3/t22-,25-,26-,27-,28-,29-,30+,31+,32+,33-,34+,35+,36-,37-,38-,39+,40+,41+,43+,44+,45-,46-,47-/m1/s1. The quantitative estimate of drug-likeness (QED) is 0.137. The Morgan fingerprint density at radius 3 is 2.00 bits per heavy atom. The first-order chi connectivity index (χ1) is 30.0. The normalized spacial score (nSPS) is 55.0. The molecule has 0 amide bonds. The number of hydrogen-bond acceptors (Lipinski definition) is 17. The van der Waals surface area contributed by atoms with Gasteiger partial charge in [0.05, 0.1) is 44.7 Å². The fourth-order valence-electron chi connectivity index (χ4n) is 14.2. The molecule has 5 aliphatic carbocycles. The summed E-state index contributed by atoms with van der Waals surface area (Å²) in [4.78, 5) is 0. The Morgan fingerprint density at radius 1 is 0.688 bits per heavy atom. The van der Waals surface area contributed by atoms with Crippen LogP contribution in [0.3, 0.4) is 0 Å². The van der Waals surface area contributed by atoms with Gasteiger partial charge in [0.2, 0.25) is 0 Å². The van der Waals surface area contributed by atoms with Crippen LogP contribution in [-0.4, -0.2) is 181 Å². The summed E-state index contributed by atoms with van der Waals surface area (Å²) in [5, 5.41) is 120. The first-order valence-corrected chi connectivity index (χ1v) is 23.6. The van der Waals surface area contributed by atoms with Gasteiger partial charge in [0, 0.05) is 16.2 Å². The third-order valence-electron chi connectivity index (χ3n) is 18.6. The summed E-state index contributed by atoms with van der Waals surface area (Å²) in [6, 6.07) is 0. The predicted octanol–water partition coefficient (Wildman–Crippen LogP) is 0.144. The number of allylic oxidation sites excluding steroid dienone is 3. The van der Waals surface area contributed by atoms with Crippen LogP contribution in [0.15, 0.2) is 23.3 Å². The average molecular weight is 913 g/mol. The van der Waals surface area contributed by atoms with Crippen LogP contribution in [0.1, 0.15) is 99.8 Å². The summed E-state index contributed by atoms with van der Waals surface area (Å²) < 4.78 is 36.5. The Labute approximate surface area is 376 Å². The summed E-state index contributed by atoms with van der Waals surface area (Å²) in [6.07, 6.45) is -12.7. The van der Waals surface area contributed by atoms with Crippen molar-refractivity contribution in [3.63, 3.8) is 0 Å². The first-order valence-electron chi connectivity index (χ1n) is 23.6. The molecule has 17 heteroatoms. The van der Waals surface area contributed by atoms with Crippen LogP contribution in [0.2, 0.25) is 0 Å². The Morgan fingerprint density at radius 2 is 1.34 bits per heavy atom. The molecule has 3 heterocycles. The van der Waals surface area contributed by atoms with Gasteiger partial charge in [-0.05, 0) is 91.9 Å². The van der Waals surface area contributed by atoms with Crippen molar-refractivity contribution < 1.29 is 84.6 Å². The van der Waals surface area contributed by atoms with Crippen molar-refractivity contribution in [2.45, 2.75) is 198 Å². The number of fused-ring (bicyclic) bond motifs is 6. The van der Waals surface area contributed by atoms with Gasteiger partial charge in [-0.3, -0.25) is 0 Å². The maximum absolute atomic E-state index is 12.1. The molecule has 8 aliphatic rings. The largest absolute Gasteiger partial charge is 0.396 e. The van der Waals surface area contributed by atoms with E-state index in [1.54, 1.807) is 6.92 Å². The van der Waals surface area contributed by atoms with Crippen LogP contribution >= 0.6 is 0 Å². The van der Waals surface area contributed by atoms with E-state index in [2.05, 4.69) is 46.8 Å². The smallest absolute Gasteiger partial charge is 0.187 e. The molecule has 0 aromatic heterocycles. The highest BCUT2D eigenvalue weighted by Gasteiger charge is 2.69. The van der Waals surface area contributed by atoms with E-state index in [9.17, 15) is 56.2 Å². The molecule has 366 valence electrons. The molecule has 3 saturated heterocycles. The second-order valence-corrected chi connectivity index (χ2v) is 22.6. The van der Waals surface area contributed by atoms with Gasteiger partial charge >= 0.3 is 0 Å². The molecular weight excluding hydrogens is 837 g/mol. The topological polar surface area (TPSA) is 278 Å². The van der Waals surface area contributed by atoms with Crippen LogP contribution < -0.4 is 0 Å². The molecule has 3 aliphatic heterocycles. The Balaban J connectivity index is 1.08. The summed E-state index contributed by atoms with van der Waals surface area (Å²) in [5.41, 5.74) is 0.0615. The average Bonchev–Trinajstić information content (AvgIpc) is 3.24. The second kappa shape index (κ2) is 17.3. The molecule has 0 bridgehead atoms. The van der Waals surface area contributed by atoms with E-state index in [0.717, 1.165) is 32.1 Å². The van der Waals surface area contributed by atoms with Gasteiger partial charge in [-0.15, -0.1) is 0 Å². The lowest BCUT2D eigenvalue weighted by Gasteiger charge is -2.70. The Kier molecular flexibility index (Phi) is 13.3. The van der Waals surface area contributed by atoms with Crippen LogP contribution in [0.25, 0.3) is 0 Å². The van der Waals surface area contributed by atoms with E-state index in [0.29, 0.717) is 19.3 Å². The lowest BCUT2D eigenvalue weighted by molar-refractivity contribution is -0.393. The molecular formula is C47H76O17. The first kappa shape index (κ1) is 49.2. The van der Waals surface area contributed by atoms with E-state index in [4.69, 9.17) is 28.4 Å². The van der Waals surface area contributed by atoms with Crippen LogP contribution in [0, 0.1) is 44.3 Å². The summed E-state index contributed by atoms with van der Waals surface area (Å²) in [7, 11) is 0. The van der Waals surface area contributed by atoms with Crippen molar-refractivity contribution in [1.29, 1.82) is 0 Å². The fourth-order valence-corrected chi connectivity index (χ4v) is 14.2. The molecule has 11 N–H and O–H groups in total. The highest BCUT2D eigenvalue weighted by Crippen LogP contribution is 2.74. The maximum Gasteiger partial charge on any atom is 0.187 e.